The van der Waals surface area contributed by atoms with Crippen LogP contribution in [0.25, 0.3) is 5.69 Å². The van der Waals surface area contributed by atoms with Crippen LogP contribution >= 0.6 is 11.6 Å². The van der Waals surface area contributed by atoms with Crippen LogP contribution in [-0.2, 0) is 10.9 Å². The molecule has 0 amide bonds. The van der Waals surface area contributed by atoms with Gasteiger partial charge in [0.25, 0.3) is 5.56 Å². The predicted molar refractivity (Wildman–Crippen MR) is 87.3 cm³/mol. The van der Waals surface area contributed by atoms with Crippen molar-refractivity contribution in [2.75, 3.05) is 18.5 Å². The van der Waals surface area contributed by atoms with Gasteiger partial charge in [-0.1, -0.05) is 17.7 Å². The summed E-state index contributed by atoms with van der Waals surface area (Å²) in [5.41, 5.74) is -1.24. The molecule has 2 heterocycles. The van der Waals surface area contributed by atoms with E-state index in [9.17, 15) is 18.0 Å². The van der Waals surface area contributed by atoms with E-state index in [1.54, 1.807) is 0 Å². The molecule has 5 nitrogen and oxygen atoms in total. The van der Waals surface area contributed by atoms with E-state index in [1.165, 1.54) is 18.3 Å². The molecule has 0 unspecified atom stereocenters. The van der Waals surface area contributed by atoms with Crippen molar-refractivity contribution in [2.24, 2.45) is 0 Å². The molecular formula is C16H15ClF3N3O2. The highest BCUT2D eigenvalue weighted by Gasteiger charge is 2.30. The van der Waals surface area contributed by atoms with E-state index < -0.39 is 17.3 Å². The third-order valence-electron chi connectivity index (χ3n) is 3.88. The van der Waals surface area contributed by atoms with Gasteiger partial charge in [0, 0.05) is 13.2 Å². The van der Waals surface area contributed by atoms with Crippen LogP contribution in [0.4, 0.5) is 18.9 Å². The van der Waals surface area contributed by atoms with E-state index >= 15 is 0 Å². The van der Waals surface area contributed by atoms with Crippen molar-refractivity contribution in [1.29, 1.82) is 0 Å². The minimum atomic E-state index is -4.51. The largest absolute Gasteiger partial charge is 0.416 e. The second kappa shape index (κ2) is 7.05. The molecule has 1 saturated heterocycles. The Morgan fingerprint density at radius 3 is 2.88 bits per heavy atom. The minimum Gasteiger partial charge on any atom is -0.380 e. The van der Waals surface area contributed by atoms with Crippen LogP contribution in [0.5, 0.6) is 0 Å². The molecule has 1 fully saturated rings. The molecule has 134 valence electrons. The lowest BCUT2D eigenvalue weighted by Crippen LogP contribution is -2.25. The van der Waals surface area contributed by atoms with Crippen LogP contribution in [0.1, 0.15) is 18.4 Å². The highest BCUT2D eigenvalue weighted by atomic mass is 35.5. The third-order valence-corrected chi connectivity index (χ3v) is 4.25. The van der Waals surface area contributed by atoms with Crippen molar-refractivity contribution in [1.82, 2.24) is 9.78 Å². The molecule has 0 saturated carbocycles. The highest BCUT2D eigenvalue weighted by molar-refractivity contribution is 6.32. The Kier molecular flexibility index (Phi) is 5.01. The number of rotatable bonds is 4. The average Bonchev–Trinajstić information content (AvgIpc) is 3.09. The van der Waals surface area contributed by atoms with E-state index in [0.29, 0.717) is 18.8 Å². The number of benzene rings is 1. The van der Waals surface area contributed by atoms with Crippen molar-refractivity contribution in [2.45, 2.75) is 25.1 Å². The van der Waals surface area contributed by atoms with E-state index in [2.05, 4.69) is 10.4 Å². The van der Waals surface area contributed by atoms with Gasteiger partial charge in [-0.05, 0) is 31.0 Å². The Hall–Kier alpha value is -2.06. The zero-order chi connectivity index (χ0) is 18.0. The predicted octanol–water partition coefficient (Wildman–Crippen LogP) is 3.50. The lowest BCUT2D eigenvalue weighted by atomic mass is 10.2. The normalized spacial score (nSPS) is 17.7. The third kappa shape index (κ3) is 3.96. The first-order valence-electron chi connectivity index (χ1n) is 7.67. The number of halogens is 4. The molecule has 3 rings (SSSR count). The first-order valence-corrected chi connectivity index (χ1v) is 8.05. The molecule has 1 aliphatic heterocycles. The maximum absolute atomic E-state index is 12.8. The number of hydrogen-bond acceptors (Lipinski definition) is 4. The summed E-state index contributed by atoms with van der Waals surface area (Å²) in [6.45, 7) is 1.18. The summed E-state index contributed by atoms with van der Waals surface area (Å²) in [5, 5.41) is 6.79. The molecular weight excluding hydrogens is 359 g/mol. The molecule has 9 heteroatoms. The molecule has 0 spiro atoms. The second-order valence-corrected chi connectivity index (χ2v) is 6.03. The molecule has 2 aromatic rings. The fourth-order valence-electron chi connectivity index (χ4n) is 2.58. The topological polar surface area (TPSA) is 56.1 Å². The molecule has 0 bridgehead atoms. The Bertz CT molecular complexity index is 817. The van der Waals surface area contributed by atoms with Crippen molar-refractivity contribution < 1.29 is 17.9 Å². The van der Waals surface area contributed by atoms with E-state index in [-0.39, 0.29) is 16.8 Å². The van der Waals surface area contributed by atoms with Gasteiger partial charge in [-0.2, -0.15) is 23.0 Å². The summed E-state index contributed by atoms with van der Waals surface area (Å²) < 4.78 is 44.8. The summed E-state index contributed by atoms with van der Waals surface area (Å²) in [5.74, 6) is 0. The summed E-state index contributed by atoms with van der Waals surface area (Å²) in [7, 11) is 0. The Labute approximate surface area is 146 Å². The Morgan fingerprint density at radius 2 is 2.20 bits per heavy atom. The number of alkyl halides is 3. The van der Waals surface area contributed by atoms with Gasteiger partial charge < -0.3 is 10.1 Å². The zero-order valence-electron chi connectivity index (χ0n) is 13.0. The van der Waals surface area contributed by atoms with Crippen LogP contribution in [0, 0.1) is 0 Å². The molecule has 25 heavy (non-hydrogen) atoms. The molecule has 1 aromatic carbocycles. The van der Waals surface area contributed by atoms with Gasteiger partial charge in [-0.25, -0.2) is 0 Å². The van der Waals surface area contributed by atoms with Gasteiger partial charge in [0.1, 0.15) is 5.02 Å². The first-order chi connectivity index (χ1) is 11.9. The van der Waals surface area contributed by atoms with Gasteiger partial charge in [-0.3, -0.25) is 4.79 Å². The van der Waals surface area contributed by atoms with Crippen LogP contribution in [0.15, 0.2) is 35.3 Å². The van der Waals surface area contributed by atoms with Gasteiger partial charge in [-0.15, -0.1) is 0 Å². The Balaban J connectivity index is 1.86. The summed E-state index contributed by atoms with van der Waals surface area (Å²) in [6.07, 6.45) is -1.25. The monoisotopic (exact) mass is 373 g/mol. The van der Waals surface area contributed by atoms with Crippen LogP contribution in [0.2, 0.25) is 5.02 Å². The number of nitrogens with one attached hydrogen (secondary N) is 1. The molecule has 1 atom stereocenters. The second-order valence-electron chi connectivity index (χ2n) is 5.65. The lowest BCUT2D eigenvalue weighted by Gasteiger charge is -2.14. The average molecular weight is 374 g/mol. The maximum atomic E-state index is 12.8. The number of ether oxygens (including phenoxy) is 1. The summed E-state index contributed by atoms with van der Waals surface area (Å²) in [4.78, 5) is 12.4. The van der Waals surface area contributed by atoms with Crippen molar-refractivity contribution in [3.8, 4) is 5.69 Å². The van der Waals surface area contributed by atoms with Crippen LogP contribution < -0.4 is 10.9 Å². The van der Waals surface area contributed by atoms with Crippen molar-refractivity contribution >= 4 is 17.3 Å². The zero-order valence-corrected chi connectivity index (χ0v) is 13.8. The molecule has 1 aromatic heterocycles. The minimum absolute atomic E-state index is 0.00704. The van der Waals surface area contributed by atoms with Crippen LogP contribution in [0.3, 0.4) is 0 Å². The standard InChI is InChI=1S/C16H15ClF3N3O2/c17-14-13(21-8-12-5-2-6-25-12)9-22-23(15(14)24)11-4-1-3-10(7-11)16(18,19)20/h1,3-4,7,9,12,21H,2,5-6,8H2/t12-/m1/s1. The van der Waals surface area contributed by atoms with Crippen LogP contribution in [-0.4, -0.2) is 29.0 Å². The van der Waals surface area contributed by atoms with Crippen molar-refractivity contribution in [3.05, 3.63) is 51.4 Å². The maximum Gasteiger partial charge on any atom is 0.416 e. The van der Waals surface area contributed by atoms with Gasteiger partial charge in [0.15, 0.2) is 0 Å². The fraction of sp³-hybridized carbons (Fsp3) is 0.375. The molecule has 0 aliphatic carbocycles. The quantitative estimate of drug-likeness (QED) is 0.891. The molecule has 0 radical (unpaired) electrons. The summed E-state index contributed by atoms with van der Waals surface area (Å²) in [6, 6.07) is 4.35. The van der Waals surface area contributed by atoms with Gasteiger partial charge in [0.05, 0.1) is 29.2 Å². The molecule has 1 N–H and O–H groups in total. The number of aromatic nitrogens is 2. The van der Waals surface area contributed by atoms with Crippen molar-refractivity contribution in [3.63, 3.8) is 0 Å². The first kappa shape index (κ1) is 17.8. The van der Waals surface area contributed by atoms with Gasteiger partial charge >= 0.3 is 6.18 Å². The number of anilines is 1. The fourth-order valence-corrected chi connectivity index (χ4v) is 2.78. The van der Waals surface area contributed by atoms with E-state index in [4.69, 9.17) is 16.3 Å². The smallest absolute Gasteiger partial charge is 0.380 e. The lowest BCUT2D eigenvalue weighted by molar-refractivity contribution is -0.137. The summed E-state index contributed by atoms with van der Waals surface area (Å²) >= 11 is 6.06. The number of hydrogen-bond donors (Lipinski definition) is 1. The number of nitrogens with zero attached hydrogens (tertiary/aromatic N) is 2. The Morgan fingerprint density at radius 1 is 1.40 bits per heavy atom. The van der Waals surface area contributed by atoms with Gasteiger partial charge in [0.2, 0.25) is 0 Å². The SMILES string of the molecule is O=c1c(Cl)c(NC[C@H]2CCCO2)cnn1-c1cccc(C(F)(F)F)c1. The molecule has 1 aliphatic rings. The van der Waals surface area contributed by atoms with E-state index in [0.717, 1.165) is 29.7 Å². The highest BCUT2D eigenvalue weighted by Crippen LogP contribution is 2.30. The van der Waals surface area contributed by atoms with E-state index in [1.807, 2.05) is 0 Å².